The molecule has 2 fully saturated rings. The Morgan fingerprint density at radius 3 is 2.42 bits per heavy atom. The standard InChI is InChI=1S/C25H28N2O3S/c28-24(14-18-31-17-13-20-7-3-1-4-8-20)26-15-11-22(12-16-26)27-19-23(30-25(27)29)21-9-5-2-6-10-21/h1-10,13,17,22-23H,11-12,14-16,18-19H2/b17-13-. The lowest BCUT2D eigenvalue weighted by atomic mass is 10.0. The van der Waals surface area contributed by atoms with Gasteiger partial charge in [0.05, 0.1) is 6.54 Å². The summed E-state index contributed by atoms with van der Waals surface area (Å²) >= 11 is 1.66. The highest BCUT2D eigenvalue weighted by molar-refractivity contribution is 8.02. The summed E-state index contributed by atoms with van der Waals surface area (Å²) in [5, 5.41) is 2.05. The number of rotatable bonds is 7. The summed E-state index contributed by atoms with van der Waals surface area (Å²) in [6.07, 6.45) is 3.79. The number of hydrogen-bond donors (Lipinski definition) is 0. The Morgan fingerprint density at radius 1 is 1.03 bits per heavy atom. The van der Waals surface area contributed by atoms with E-state index in [0.717, 1.165) is 24.2 Å². The van der Waals surface area contributed by atoms with Crippen LogP contribution in [-0.2, 0) is 9.53 Å². The molecule has 31 heavy (non-hydrogen) atoms. The lowest BCUT2D eigenvalue weighted by molar-refractivity contribution is -0.132. The quantitative estimate of drug-likeness (QED) is 0.576. The van der Waals surface area contributed by atoms with Crippen LogP contribution < -0.4 is 0 Å². The van der Waals surface area contributed by atoms with Crippen LogP contribution in [0.1, 0.15) is 36.5 Å². The third-order valence-electron chi connectivity index (χ3n) is 5.86. The Hall–Kier alpha value is -2.73. The molecule has 0 aliphatic carbocycles. The van der Waals surface area contributed by atoms with Crippen LogP contribution in [0.4, 0.5) is 4.79 Å². The van der Waals surface area contributed by atoms with Gasteiger partial charge in [0.25, 0.3) is 0 Å². The van der Waals surface area contributed by atoms with Gasteiger partial charge in [-0.2, -0.15) is 0 Å². The zero-order valence-corrected chi connectivity index (χ0v) is 18.4. The van der Waals surface area contributed by atoms with E-state index >= 15 is 0 Å². The normalized spacial score (nSPS) is 19.7. The van der Waals surface area contributed by atoms with Gasteiger partial charge in [-0.3, -0.25) is 4.79 Å². The molecular formula is C25H28N2O3S. The maximum absolute atomic E-state index is 12.5. The second-order valence-electron chi connectivity index (χ2n) is 7.88. The van der Waals surface area contributed by atoms with Crippen molar-refractivity contribution in [3.8, 4) is 0 Å². The molecule has 5 nitrogen and oxygen atoms in total. The van der Waals surface area contributed by atoms with Crippen LogP contribution in [0, 0.1) is 0 Å². The van der Waals surface area contributed by atoms with Crippen molar-refractivity contribution in [2.75, 3.05) is 25.4 Å². The molecule has 1 atom stereocenters. The van der Waals surface area contributed by atoms with Crippen LogP contribution in [0.15, 0.2) is 66.1 Å². The summed E-state index contributed by atoms with van der Waals surface area (Å²) in [6, 6.07) is 20.2. The molecule has 6 heteroatoms. The van der Waals surface area contributed by atoms with Gasteiger partial charge in [0, 0.05) is 31.3 Å². The van der Waals surface area contributed by atoms with Crippen molar-refractivity contribution < 1.29 is 14.3 Å². The van der Waals surface area contributed by atoms with Crippen molar-refractivity contribution in [1.82, 2.24) is 9.80 Å². The van der Waals surface area contributed by atoms with E-state index in [1.807, 2.05) is 58.3 Å². The predicted octanol–water partition coefficient (Wildman–Crippen LogP) is 4.97. The van der Waals surface area contributed by atoms with Crippen molar-refractivity contribution in [2.45, 2.75) is 31.4 Å². The number of cyclic esters (lactones) is 1. The topological polar surface area (TPSA) is 49.9 Å². The molecule has 4 rings (SSSR count). The van der Waals surface area contributed by atoms with Gasteiger partial charge in [-0.05, 0) is 35.5 Å². The molecule has 2 aliphatic heterocycles. The molecule has 0 aromatic heterocycles. The molecule has 2 aromatic rings. The minimum atomic E-state index is -0.236. The van der Waals surface area contributed by atoms with Crippen molar-refractivity contribution in [1.29, 1.82) is 0 Å². The van der Waals surface area contributed by atoms with Crippen LogP contribution >= 0.6 is 11.8 Å². The predicted molar refractivity (Wildman–Crippen MR) is 125 cm³/mol. The summed E-state index contributed by atoms with van der Waals surface area (Å²) in [7, 11) is 0. The minimum absolute atomic E-state index is 0.147. The van der Waals surface area contributed by atoms with Crippen LogP contribution in [0.2, 0.25) is 0 Å². The highest BCUT2D eigenvalue weighted by Gasteiger charge is 2.38. The number of thioether (sulfide) groups is 1. The maximum atomic E-state index is 12.5. The second-order valence-corrected chi connectivity index (χ2v) is 8.90. The van der Waals surface area contributed by atoms with Gasteiger partial charge in [-0.25, -0.2) is 4.79 Å². The molecule has 0 bridgehead atoms. The lowest BCUT2D eigenvalue weighted by Gasteiger charge is -2.35. The maximum Gasteiger partial charge on any atom is 0.410 e. The van der Waals surface area contributed by atoms with E-state index in [2.05, 4.69) is 23.6 Å². The molecule has 162 valence electrons. The number of benzene rings is 2. The largest absolute Gasteiger partial charge is 0.439 e. The molecule has 2 aliphatic rings. The number of carbonyl (C=O) groups excluding carboxylic acids is 2. The van der Waals surface area contributed by atoms with Gasteiger partial charge in [-0.1, -0.05) is 60.7 Å². The Labute approximate surface area is 188 Å². The van der Waals surface area contributed by atoms with Crippen molar-refractivity contribution in [3.63, 3.8) is 0 Å². The average Bonchev–Trinajstić information content (AvgIpc) is 3.22. The minimum Gasteiger partial charge on any atom is -0.439 e. The molecule has 2 saturated heterocycles. The first-order chi connectivity index (χ1) is 15.2. The number of carbonyl (C=O) groups is 2. The van der Waals surface area contributed by atoms with Crippen LogP contribution in [0.3, 0.4) is 0 Å². The molecule has 0 saturated carbocycles. The zero-order chi connectivity index (χ0) is 21.5. The average molecular weight is 437 g/mol. The fourth-order valence-electron chi connectivity index (χ4n) is 4.11. The van der Waals surface area contributed by atoms with Crippen LogP contribution in [-0.4, -0.2) is 53.2 Å². The van der Waals surface area contributed by atoms with E-state index in [1.54, 1.807) is 11.8 Å². The van der Waals surface area contributed by atoms with Gasteiger partial charge in [0.1, 0.15) is 6.10 Å². The highest BCUT2D eigenvalue weighted by atomic mass is 32.2. The van der Waals surface area contributed by atoms with Gasteiger partial charge in [0.2, 0.25) is 5.91 Å². The van der Waals surface area contributed by atoms with E-state index in [-0.39, 0.29) is 24.1 Å². The number of hydrogen-bond acceptors (Lipinski definition) is 4. The summed E-state index contributed by atoms with van der Waals surface area (Å²) in [4.78, 5) is 28.7. The van der Waals surface area contributed by atoms with Crippen molar-refractivity contribution in [3.05, 3.63) is 77.2 Å². The molecule has 2 heterocycles. The number of nitrogens with zero attached hydrogens (tertiary/aromatic N) is 2. The van der Waals surface area contributed by atoms with Gasteiger partial charge >= 0.3 is 6.09 Å². The summed E-state index contributed by atoms with van der Waals surface area (Å²) in [5.41, 5.74) is 2.20. The van der Waals surface area contributed by atoms with Crippen LogP contribution in [0.25, 0.3) is 6.08 Å². The molecule has 2 aromatic carbocycles. The Balaban J connectivity index is 1.18. The molecule has 0 spiro atoms. The highest BCUT2D eigenvalue weighted by Crippen LogP contribution is 2.30. The van der Waals surface area contributed by atoms with Gasteiger partial charge in [-0.15, -0.1) is 11.8 Å². The first-order valence-electron chi connectivity index (χ1n) is 10.8. The number of amides is 2. The second kappa shape index (κ2) is 10.5. The monoisotopic (exact) mass is 436 g/mol. The molecule has 2 amide bonds. The van der Waals surface area contributed by atoms with E-state index in [9.17, 15) is 9.59 Å². The van der Waals surface area contributed by atoms with E-state index < -0.39 is 0 Å². The summed E-state index contributed by atoms with van der Waals surface area (Å²) in [5.74, 6) is 0.976. The lowest BCUT2D eigenvalue weighted by Crippen LogP contribution is -2.47. The number of piperidine rings is 1. The fraction of sp³-hybridized carbons (Fsp3) is 0.360. The zero-order valence-electron chi connectivity index (χ0n) is 17.6. The number of ether oxygens (including phenoxy) is 1. The smallest absolute Gasteiger partial charge is 0.410 e. The summed E-state index contributed by atoms with van der Waals surface area (Å²) in [6.45, 7) is 1.99. The van der Waals surface area contributed by atoms with Gasteiger partial charge < -0.3 is 14.5 Å². The first kappa shape index (κ1) is 21.5. The molecule has 0 N–H and O–H groups in total. The van der Waals surface area contributed by atoms with Crippen molar-refractivity contribution >= 4 is 29.8 Å². The third kappa shape index (κ3) is 5.70. The Bertz CT molecular complexity index is 895. The fourth-order valence-corrected chi connectivity index (χ4v) is 4.79. The Kier molecular flexibility index (Phi) is 7.30. The van der Waals surface area contributed by atoms with Crippen LogP contribution in [0.5, 0.6) is 0 Å². The van der Waals surface area contributed by atoms with E-state index in [0.29, 0.717) is 26.1 Å². The number of likely N-dealkylation sites (tertiary alicyclic amines) is 1. The SMILES string of the molecule is O=C(CCS/C=C\c1ccccc1)N1CCC(N2CC(c3ccccc3)OC2=O)CC1. The summed E-state index contributed by atoms with van der Waals surface area (Å²) < 4.78 is 5.59. The first-order valence-corrected chi connectivity index (χ1v) is 11.9. The molecule has 1 unspecified atom stereocenters. The van der Waals surface area contributed by atoms with E-state index in [4.69, 9.17) is 4.74 Å². The molecular weight excluding hydrogens is 408 g/mol. The van der Waals surface area contributed by atoms with Crippen molar-refractivity contribution in [2.24, 2.45) is 0 Å². The molecule has 0 radical (unpaired) electrons. The van der Waals surface area contributed by atoms with Gasteiger partial charge in [0.15, 0.2) is 0 Å². The van der Waals surface area contributed by atoms with E-state index in [1.165, 1.54) is 5.56 Å². The Morgan fingerprint density at radius 2 is 1.71 bits per heavy atom. The third-order valence-corrected chi connectivity index (χ3v) is 6.63.